The molecule has 17 heavy (non-hydrogen) atoms. The van der Waals surface area contributed by atoms with Gasteiger partial charge in [0.25, 0.3) is 0 Å². The number of thioether (sulfide) groups is 1. The number of aliphatic hydroxyl groups excluding tert-OH is 1. The molecule has 1 nitrogen and oxygen atoms in total. The molecule has 0 heterocycles. The van der Waals surface area contributed by atoms with E-state index in [-0.39, 0.29) is 6.10 Å². The molecular formula is C13H18BrClOS. The minimum absolute atomic E-state index is 0.326. The number of hydrogen-bond acceptors (Lipinski definition) is 2. The van der Waals surface area contributed by atoms with Crippen molar-refractivity contribution >= 4 is 39.3 Å². The smallest absolute Gasteiger partial charge is 0.0671 e. The maximum Gasteiger partial charge on any atom is 0.0671 e. The lowest BCUT2D eigenvalue weighted by Crippen LogP contribution is -2.15. The van der Waals surface area contributed by atoms with E-state index in [1.807, 2.05) is 30.0 Å². The quantitative estimate of drug-likeness (QED) is 0.822. The third-order valence-electron chi connectivity index (χ3n) is 2.62. The van der Waals surface area contributed by atoms with Gasteiger partial charge in [0, 0.05) is 26.9 Å². The first kappa shape index (κ1) is 15.4. The maximum atomic E-state index is 9.95. The van der Waals surface area contributed by atoms with Crippen LogP contribution in [0.15, 0.2) is 22.7 Å². The van der Waals surface area contributed by atoms with E-state index < -0.39 is 0 Å². The van der Waals surface area contributed by atoms with E-state index in [1.54, 1.807) is 0 Å². The Bertz CT molecular complexity index is 359. The van der Waals surface area contributed by atoms with Crippen LogP contribution in [0.1, 0.15) is 25.8 Å². The highest BCUT2D eigenvalue weighted by Crippen LogP contribution is 2.23. The van der Waals surface area contributed by atoms with Gasteiger partial charge >= 0.3 is 0 Å². The highest BCUT2D eigenvalue weighted by atomic mass is 79.9. The van der Waals surface area contributed by atoms with Gasteiger partial charge in [-0.1, -0.05) is 47.4 Å². The van der Waals surface area contributed by atoms with Gasteiger partial charge in [-0.2, -0.15) is 11.8 Å². The Hall–Kier alpha value is 0.300. The molecule has 0 bridgehead atoms. The van der Waals surface area contributed by atoms with Gasteiger partial charge in [0.05, 0.1) is 6.10 Å². The van der Waals surface area contributed by atoms with Crippen LogP contribution < -0.4 is 0 Å². The number of hydrogen-bond donors (Lipinski definition) is 1. The molecule has 0 amide bonds. The van der Waals surface area contributed by atoms with Gasteiger partial charge in [-0.15, -0.1) is 0 Å². The van der Waals surface area contributed by atoms with Gasteiger partial charge in [0.1, 0.15) is 0 Å². The summed E-state index contributed by atoms with van der Waals surface area (Å²) in [6.45, 7) is 4.35. The van der Waals surface area contributed by atoms with E-state index in [1.165, 1.54) is 0 Å². The number of benzene rings is 1. The van der Waals surface area contributed by atoms with Gasteiger partial charge in [-0.25, -0.2) is 0 Å². The first-order chi connectivity index (χ1) is 8.02. The van der Waals surface area contributed by atoms with E-state index >= 15 is 0 Å². The molecule has 4 heteroatoms. The Morgan fingerprint density at radius 1 is 1.47 bits per heavy atom. The fourth-order valence-corrected chi connectivity index (χ4v) is 3.05. The first-order valence-corrected chi connectivity index (χ1v) is 7.98. The zero-order chi connectivity index (χ0) is 12.8. The molecule has 0 saturated heterocycles. The molecule has 2 unspecified atom stereocenters. The lowest BCUT2D eigenvalue weighted by molar-refractivity contribution is 0.200. The molecule has 0 aliphatic rings. The van der Waals surface area contributed by atoms with Crippen molar-refractivity contribution in [2.75, 3.05) is 5.75 Å². The molecule has 96 valence electrons. The Kier molecular flexibility index (Phi) is 6.93. The normalized spacial score (nSPS) is 14.6. The van der Waals surface area contributed by atoms with Gasteiger partial charge in [-0.3, -0.25) is 0 Å². The fourth-order valence-electron chi connectivity index (χ4n) is 1.39. The van der Waals surface area contributed by atoms with Crippen LogP contribution in [0.5, 0.6) is 0 Å². The Balaban J connectivity index is 2.47. The zero-order valence-electron chi connectivity index (χ0n) is 10.1. The molecule has 1 N–H and O–H groups in total. The highest BCUT2D eigenvalue weighted by molar-refractivity contribution is 9.10. The van der Waals surface area contributed by atoms with Crippen LogP contribution in [0.3, 0.4) is 0 Å². The summed E-state index contributed by atoms with van der Waals surface area (Å²) >= 11 is 11.3. The molecule has 0 spiro atoms. The molecule has 1 aromatic carbocycles. The average Bonchev–Trinajstić information content (AvgIpc) is 2.29. The van der Waals surface area contributed by atoms with Crippen molar-refractivity contribution in [3.63, 3.8) is 0 Å². The number of rotatable bonds is 6. The molecule has 0 radical (unpaired) electrons. The minimum atomic E-state index is -0.326. The summed E-state index contributed by atoms with van der Waals surface area (Å²) < 4.78 is 0.967. The van der Waals surface area contributed by atoms with Crippen molar-refractivity contribution in [3.8, 4) is 0 Å². The van der Waals surface area contributed by atoms with Crippen molar-refractivity contribution in [2.45, 2.75) is 38.0 Å². The highest BCUT2D eigenvalue weighted by Gasteiger charge is 2.10. The molecule has 0 saturated carbocycles. The Labute approximate surface area is 121 Å². The molecule has 2 atom stereocenters. The largest absolute Gasteiger partial charge is 0.392 e. The molecule has 1 rings (SSSR count). The predicted molar refractivity (Wildman–Crippen MR) is 81.1 cm³/mol. The summed E-state index contributed by atoms with van der Waals surface area (Å²) in [5.41, 5.74) is 1.01. The topological polar surface area (TPSA) is 20.2 Å². The summed E-state index contributed by atoms with van der Waals surface area (Å²) in [6.07, 6.45) is 1.43. The van der Waals surface area contributed by atoms with Gasteiger partial charge in [0.15, 0.2) is 0 Å². The van der Waals surface area contributed by atoms with Crippen LogP contribution in [0.2, 0.25) is 5.02 Å². The maximum absolute atomic E-state index is 9.95. The van der Waals surface area contributed by atoms with Crippen molar-refractivity contribution < 1.29 is 5.11 Å². The van der Waals surface area contributed by atoms with E-state index in [0.717, 1.165) is 22.2 Å². The van der Waals surface area contributed by atoms with Crippen LogP contribution >= 0.6 is 39.3 Å². The van der Waals surface area contributed by atoms with Gasteiger partial charge < -0.3 is 5.11 Å². The summed E-state index contributed by atoms with van der Waals surface area (Å²) in [4.78, 5) is 0. The standard InChI is InChI=1S/C13H18BrClOS/c1-3-9(2)17-8-12(16)6-10-4-5-11(14)7-13(10)15/h4-5,7,9,12,16H,3,6,8H2,1-2H3. The summed E-state index contributed by atoms with van der Waals surface area (Å²) in [7, 11) is 0. The summed E-state index contributed by atoms with van der Waals surface area (Å²) in [5.74, 6) is 0.765. The molecule has 0 aromatic heterocycles. The zero-order valence-corrected chi connectivity index (χ0v) is 13.3. The Morgan fingerprint density at radius 3 is 2.76 bits per heavy atom. The monoisotopic (exact) mass is 336 g/mol. The second-order valence-electron chi connectivity index (χ2n) is 4.15. The molecule has 0 aliphatic heterocycles. The van der Waals surface area contributed by atoms with E-state index in [2.05, 4.69) is 29.8 Å². The lowest BCUT2D eigenvalue weighted by atomic mass is 10.1. The van der Waals surface area contributed by atoms with Crippen LogP contribution in [-0.2, 0) is 6.42 Å². The third kappa shape index (κ3) is 5.64. The van der Waals surface area contributed by atoms with Crippen LogP contribution in [0.25, 0.3) is 0 Å². The van der Waals surface area contributed by atoms with E-state index in [0.29, 0.717) is 16.7 Å². The molecule has 0 fully saturated rings. The SMILES string of the molecule is CCC(C)SCC(O)Cc1ccc(Br)cc1Cl. The number of aliphatic hydroxyl groups is 1. The second-order valence-corrected chi connectivity index (χ2v) is 6.94. The molecule has 1 aromatic rings. The predicted octanol–water partition coefficient (Wildman–Crippen LogP) is 4.54. The lowest BCUT2D eigenvalue weighted by Gasteiger charge is -2.14. The van der Waals surface area contributed by atoms with Crippen LogP contribution in [0, 0.1) is 0 Å². The van der Waals surface area contributed by atoms with Crippen molar-refractivity contribution in [1.29, 1.82) is 0 Å². The van der Waals surface area contributed by atoms with Gasteiger partial charge in [0.2, 0.25) is 0 Å². The van der Waals surface area contributed by atoms with E-state index in [9.17, 15) is 5.11 Å². The minimum Gasteiger partial charge on any atom is -0.392 e. The van der Waals surface area contributed by atoms with Crippen molar-refractivity contribution in [3.05, 3.63) is 33.3 Å². The summed E-state index contributed by atoms with van der Waals surface area (Å²) in [5, 5.41) is 11.3. The van der Waals surface area contributed by atoms with Crippen molar-refractivity contribution in [1.82, 2.24) is 0 Å². The van der Waals surface area contributed by atoms with Crippen LogP contribution in [-0.4, -0.2) is 22.2 Å². The third-order valence-corrected chi connectivity index (χ3v) is 4.94. The first-order valence-electron chi connectivity index (χ1n) is 5.76. The van der Waals surface area contributed by atoms with Gasteiger partial charge in [-0.05, 0) is 24.1 Å². The molecule has 0 aliphatic carbocycles. The Morgan fingerprint density at radius 2 is 2.18 bits per heavy atom. The number of halogens is 2. The fraction of sp³-hybridized carbons (Fsp3) is 0.538. The second kappa shape index (κ2) is 7.67. The van der Waals surface area contributed by atoms with Crippen LogP contribution in [0.4, 0.5) is 0 Å². The summed E-state index contributed by atoms with van der Waals surface area (Å²) in [6, 6.07) is 5.78. The van der Waals surface area contributed by atoms with E-state index in [4.69, 9.17) is 11.6 Å². The molecular weight excluding hydrogens is 320 g/mol. The average molecular weight is 338 g/mol. The van der Waals surface area contributed by atoms with Crippen molar-refractivity contribution in [2.24, 2.45) is 0 Å².